The Labute approximate surface area is 211 Å². The minimum absolute atomic E-state index is 0.0490. The molecule has 0 radical (unpaired) electrons. The molecule has 2 N–H and O–H groups in total. The third kappa shape index (κ3) is 5.77. The van der Waals surface area contributed by atoms with Crippen LogP contribution in [0.4, 0.5) is 23.4 Å². The molecular weight excluding hydrogens is 514 g/mol. The number of sulfone groups is 1. The molecule has 200 valence electrons. The van der Waals surface area contributed by atoms with Crippen molar-refractivity contribution in [2.45, 2.75) is 44.4 Å². The second-order valence-corrected chi connectivity index (χ2v) is 11.3. The first-order valence-corrected chi connectivity index (χ1v) is 13.5. The molecule has 1 atom stereocenters. The summed E-state index contributed by atoms with van der Waals surface area (Å²) in [5, 5.41) is 6.44. The van der Waals surface area contributed by atoms with E-state index in [2.05, 4.69) is 25.6 Å². The van der Waals surface area contributed by atoms with Gasteiger partial charge >= 0.3 is 6.18 Å². The van der Waals surface area contributed by atoms with Crippen LogP contribution in [0, 0.1) is 5.82 Å². The Hall–Kier alpha value is -3.06. The first-order chi connectivity index (χ1) is 17.4. The normalized spacial score (nSPS) is 17.1. The summed E-state index contributed by atoms with van der Waals surface area (Å²) in [4.78, 5) is 13.5. The van der Waals surface area contributed by atoms with Gasteiger partial charge in [-0.25, -0.2) is 22.8 Å². The molecule has 1 aliphatic heterocycles. The Morgan fingerprint density at radius 2 is 1.86 bits per heavy atom. The van der Waals surface area contributed by atoms with Crippen LogP contribution in [0.2, 0.25) is 0 Å². The summed E-state index contributed by atoms with van der Waals surface area (Å²) in [5.74, 6) is -0.444. The van der Waals surface area contributed by atoms with Crippen molar-refractivity contribution < 1.29 is 30.7 Å². The van der Waals surface area contributed by atoms with Gasteiger partial charge in [-0.1, -0.05) is 12.1 Å². The van der Waals surface area contributed by atoms with Crippen LogP contribution in [0.15, 0.2) is 24.3 Å². The van der Waals surface area contributed by atoms with Crippen molar-refractivity contribution >= 4 is 26.7 Å². The van der Waals surface area contributed by atoms with Crippen LogP contribution >= 0.6 is 0 Å². The smallest absolute Gasteiger partial charge is 0.419 e. The number of benzene rings is 1. The molecule has 0 bridgehead atoms. The number of nitrogens with one attached hydrogen (secondary N) is 2. The van der Waals surface area contributed by atoms with Crippen LogP contribution in [-0.4, -0.2) is 49.0 Å². The zero-order valence-corrected chi connectivity index (χ0v) is 21.3. The Kier molecular flexibility index (Phi) is 7.56. The predicted molar refractivity (Wildman–Crippen MR) is 131 cm³/mol. The molecule has 4 rings (SSSR count). The number of pyridine rings is 1. The number of nitrogens with zero attached hydrogens (tertiary/aromatic N) is 3. The van der Waals surface area contributed by atoms with Crippen LogP contribution in [0.5, 0.6) is 5.88 Å². The monoisotopic (exact) mass is 541 g/mol. The SMILES string of the molecule is CNCc1nc(N[C@H](C)c2cccc(C(F)(F)F)c2F)c2cc(C3CCS(=O)(=O)CC3)c(OC)nc2n1. The number of fused-ring (bicyclic) bond motifs is 1. The molecule has 0 aliphatic carbocycles. The third-order valence-electron chi connectivity index (χ3n) is 6.40. The van der Waals surface area contributed by atoms with Crippen molar-refractivity contribution in [3.05, 3.63) is 52.6 Å². The van der Waals surface area contributed by atoms with Crippen LogP contribution < -0.4 is 15.4 Å². The van der Waals surface area contributed by atoms with E-state index in [0.717, 1.165) is 6.07 Å². The summed E-state index contributed by atoms with van der Waals surface area (Å²) in [5.41, 5.74) is -0.543. The van der Waals surface area contributed by atoms with E-state index in [0.29, 0.717) is 41.6 Å². The lowest BCUT2D eigenvalue weighted by Gasteiger charge is -2.24. The molecule has 0 amide bonds. The molecule has 0 unspecified atom stereocenters. The Morgan fingerprint density at radius 1 is 1.16 bits per heavy atom. The number of halogens is 4. The van der Waals surface area contributed by atoms with Crippen molar-refractivity contribution in [3.8, 4) is 5.88 Å². The fourth-order valence-corrected chi connectivity index (χ4v) is 5.98. The molecule has 0 saturated carbocycles. The number of hydrogen-bond acceptors (Lipinski definition) is 8. The molecule has 1 fully saturated rings. The lowest BCUT2D eigenvalue weighted by atomic mass is 9.93. The molecule has 37 heavy (non-hydrogen) atoms. The lowest BCUT2D eigenvalue weighted by Crippen LogP contribution is -2.22. The second kappa shape index (κ2) is 10.4. The van der Waals surface area contributed by atoms with Crippen molar-refractivity contribution in [2.75, 3.05) is 31.0 Å². The van der Waals surface area contributed by atoms with Gasteiger partial charge in [-0.15, -0.1) is 0 Å². The molecule has 0 spiro atoms. The van der Waals surface area contributed by atoms with Gasteiger partial charge in [0.25, 0.3) is 0 Å². The highest BCUT2D eigenvalue weighted by Gasteiger charge is 2.35. The van der Waals surface area contributed by atoms with Gasteiger partial charge in [-0.05, 0) is 44.9 Å². The van der Waals surface area contributed by atoms with Crippen LogP contribution in [0.1, 0.15) is 54.2 Å². The van der Waals surface area contributed by atoms with E-state index in [-0.39, 0.29) is 41.0 Å². The minimum Gasteiger partial charge on any atom is -0.481 e. The largest absolute Gasteiger partial charge is 0.481 e. The molecule has 3 aromatic rings. The number of aromatic nitrogens is 3. The van der Waals surface area contributed by atoms with E-state index in [1.165, 1.54) is 20.1 Å². The number of rotatable bonds is 7. The fourth-order valence-electron chi connectivity index (χ4n) is 4.49. The quantitative estimate of drug-likeness (QED) is 0.425. The summed E-state index contributed by atoms with van der Waals surface area (Å²) in [6.45, 7) is 1.82. The van der Waals surface area contributed by atoms with Crippen molar-refractivity contribution in [3.63, 3.8) is 0 Å². The average molecular weight is 542 g/mol. The van der Waals surface area contributed by atoms with E-state index >= 15 is 0 Å². The van der Waals surface area contributed by atoms with Gasteiger partial charge in [-0.3, -0.25) is 0 Å². The number of hydrogen-bond donors (Lipinski definition) is 2. The Bertz CT molecular complexity index is 1400. The number of alkyl halides is 3. The molecule has 13 heteroatoms. The van der Waals surface area contributed by atoms with E-state index in [1.54, 1.807) is 13.1 Å². The Balaban J connectivity index is 1.79. The molecule has 1 aromatic carbocycles. The van der Waals surface area contributed by atoms with Crippen molar-refractivity contribution in [1.82, 2.24) is 20.3 Å². The first kappa shape index (κ1) is 27.0. The van der Waals surface area contributed by atoms with Crippen molar-refractivity contribution in [2.24, 2.45) is 0 Å². The summed E-state index contributed by atoms with van der Waals surface area (Å²) in [7, 11) is 0.0754. The minimum atomic E-state index is -4.83. The van der Waals surface area contributed by atoms with Gasteiger partial charge in [0, 0.05) is 11.1 Å². The van der Waals surface area contributed by atoms with Gasteiger partial charge in [0.05, 0.1) is 42.2 Å². The second-order valence-electron chi connectivity index (χ2n) is 8.98. The predicted octanol–water partition coefficient (Wildman–Crippen LogP) is 4.38. The topological polar surface area (TPSA) is 106 Å². The maximum atomic E-state index is 14.8. The number of anilines is 1. The summed E-state index contributed by atoms with van der Waals surface area (Å²) in [6, 6.07) is 4.03. The molecule has 8 nitrogen and oxygen atoms in total. The van der Waals surface area contributed by atoms with Crippen LogP contribution in [0.25, 0.3) is 11.0 Å². The Morgan fingerprint density at radius 3 is 2.49 bits per heavy atom. The highest BCUT2D eigenvalue weighted by Crippen LogP contribution is 2.38. The van der Waals surface area contributed by atoms with E-state index in [4.69, 9.17) is 4.74 Å². The van der Waals surface area contributed by atoms with E-state index < -0.39 is 33.4 Å². The fraction of sp³-hybridized carbons (Fsp3) is 0.458. The third-order valence-corrected chi connectivity index (χ3v) is 8.12. The zero-order valence-electron chi connectivity index (χ0n) is 20.5. The summed E-state index contributed by atoms with van der Waals surface area (Å²) in [6.07, 6.45) is -4.03. The highest BCUT2D eigenvalue weighted by atomic mass is 32.2. The van der Waals surface area contributed by atoms with Crippen molar-refractivity contribution in [1.29, 1.82) is 0 Å². The first-order valence-electron chi connectivity index (χ1n) is 11.7. The summed E-state index contributed by atoms with van der Waals surface area (Å²) >= 11 is 0. The van der Waals surface area contributed by atoms with E-state index in [1.807, 2.05) is 0 Å². The van der Waals surface area contributed by atoms with E-state index in [9.17, 15) is 26.0 Å². The number of ether oxygens (including phenoxy) is 1. The van der Waals surface area contributed by atoms with Gasteiger partial charge in [0.15, 0.2) is 5.65 Å². The maximum absolute atomic E-state index is 14.8. The lowest BCUT2D eigenvalue weighted by molar-refractivity contribution is -0.140. The molecule has 1 saturated heterocycles. The molecular formula is C24H27F4N5O3S. The van der Waals surface area contributed by atoms with Gasteiger partial charge in [-0.2, -0.15) is 18.2 Å². The van der Waals surface area contributed by atoms with Crippen LogP contribution in [-0.2, 0) is 22.6 Å². The maximum Gasteiger partial charge on any atom is 0.419 e. The highest BCUT2D eigenvalue weighted by molar-refractivity contribution is 7.91. The van der Waals surface area contributed by atoms with Gasteiger partial charge < -0.3 is 15.4 Å². The van der Waals surface area contributed by atoms with Crippen LogP contribution in [0.3, 0.4) is 0 Å². The molecule has 2 aromatic heterocycles. The van der Waals surface area contributed by atoms with Gasteiger partial charge in [0.2, 0.25) is 5.88 Å². The average Bonchev–Trinajstić information content (AvgIpc) is 2.83. The van der Waals surface area contributed by atoms with Gasteiger partial charge in [0.1, 0.15) is 27.3 Å². The molecule has 3 heterocycles. The molecule has 1 aliphatic rings. The number of methoxy groups -OCH3 is 1. The zero-order chi connectivity index (χ0) is 27.0. The summed E-state index contributed by atoms with van der Waals surface area (Å²) < 4.78 is 84.0. The standard InChI is InChI=1S/C24H27F4N5O3S/c1-13(15-5-4-6-18(20(15)25)24(26,27)28)30-21-17-11-16(14-7-9-37(34,35)10-8-14)23(36-3)33-22(17)32-19(31-21)12-29-2/h4-6,11,13-14,29H,7-10,12H2,1-3H3,(H,30,31,32,33)/t13-/m1/s1.